The highest BCUT2D eigenvalue weighted by molar-refractivity contribution is 5.98. The van der Waals surface area contributed by atoms with Crippen LogP contribution in [0.15, 0.2) is 30.5 Å². The largest absolute Gasteiger partial charge is 0.480 e. The lowest BCUT2D eigenvalue weighted by Crippen LogP contribution is -2.30. The smallest absolute Gasteiger partial charge is 0.323 e. The predicted octanol–water partition coefficient (Wildman–Crippen LogP) is 2.44. The number of carboxylic acid groups (broad SMARTS) is 1. The molecule has 0 amide bonds. The number of hydrogen-bond acceptors (Lipinski definition) is 5. The Bertz CT molecular complexity index is 687. The Morgan fingerprint density at radius 2 is 2.19 bits per heavy atom. The van der Waals surface area contributed by atoms with Crippen LogP contribution in [-0.2, 0) is 4.79 Å². The third kappa shape index (κ3) is 3.07. The Kier molecular flexibility index (Phi) is 4.32. The van der Waals surface area contributed by atoms with Gasteiger partial charge in [0.05, 0.1) is 4.92 Å². The fourth-order valence-corrected chi connectivity index (χ4v) is 2.28. The van der Waals surface area contributed by atoms with Gasteiger partial charge < -0.3 is 10.0 Å². The Hall–Kier alpha value is -2.70. The summed E-state index contributed by atoms with van der Waals surface area (Å²) in [7, 11) is 0. The number of carbonyl (C=O) groups is 1. The summed E-state index contributed by atoms with van der Waals surface area (Å²) >= 11 is 0. The van der Waals surface area contributed by atoms with E-state index in [9.17, 15) is 14.9 Å². The van der Waals surface area contributed by atoms with E-state index in [0.717, 1.165) is 6.42 Å². The lowest BCUT2D eigenvalue weighted by Gasteiger charge is -2.23. The number of nitro benzene ring substituents is 1. The summed E-state index contributed by atoms with van der Waals surface area (Å²) in [5, 5.41) is 20.7. The van der Waals surface area contributed by atoms with Gasteiger partial charge in [-0.2, -0.15) is 0 Å². The molecule has 2 rings (SSSR count). The Balaban J connectivity index is 2.60. The fraction of sp³-hybridized carbons (Fsp3) is 0.286. The van der Waals surface area contributed by atoms with Crippen molar-refractivity contribution in [1.29, 1.82) is 0 Å². The molecule has 0 atom stereocenters. The van der Waals surface area contributed by atoms with Crippen LogP contribution in [0.5, 0.6) is 0 Å². The average molecular weight is 289 g/mol. The minimum atomic E-state index is -0.946. The number of anilines is 1. The van der Waals surface area contributed by atoms with E-state index in [2.05, 4.69) is 4.98 Å². The first-order valence-electron chi connectivity index (χ1n) is 6.53. The molecule has 0 aliphatic heterocycles. The number of hydrogen-bond donors (Lipinski definition) is 1. The van der Waals surface area contributed by atoms with Gasteiger partial charge in [-0.05, 0) is 24.6 Å². The van der Waals surface area contributed by atoms with Crippen LogP contribution in [0.25, 0.3) is 10.9 Å². The number of nitrogens with zero attached hydrogens (tertiary/aromatic N) is 3. The normalized spacial score (nSPS) is 10.5. The number of nitro groups is 1. The molecule has 0 radical (unpaired) electrons. The second kappa shape index (κ2) is 6.17. The lowest BCUT2D eigenvalue weighted by atomic mass is 10.1. The maximum atomic E-state index is 11.1. The molecule has 0 unspecified atom stereocenters. The van der Waals surface area contributed by atoms with Crippen molar-refractivity contribution in [3.8, 4) is 0 Å². The summed E-state index contributed by atoms with van der Waals surface area (Å²) in [4.78, 5) is 27.3. The monoisotopic (exact) mass is 289 g/mol. The van der Waals surface area contributed by atoms with Crippen LogP contribution in [0.2, 0.25) is 0 Å². The highest BCUT2D eigenvalue weighted by Gasteiger charge is 2.19. The van der Waals surface area contributed by atoms with E-state index in [0.29, 0.717) is 17.6 Å². The molecule has 0 aliphatic rings. The van der Waals surface area contributed by atoms with Crippen molar-refractivity contribution < 1.29 is 14.8 Å². The molecule has 0 bridgehead atoms. The zero-order valence-electron chi connectivity index (χ0n) is 11.5. The number of carboxylic acids is 1. The maximum absolute atomic E-state index is 11.1. The summed E-state index contributed by atoms with van der Waals surface area (Å²) in [6.07, 6.45) is 2.26. The molecule has 0 aliphatic carbocycles. The van der Waals surface area contributed by atoms with Crippen LogP contribution in [0, 0.1) is 10.1 Å². The van der Waals surface area contributed by atoms with Crippen molar-refractivity contribution in [3.63, 3.8) is 0 Å². The van der Waals surface area contributed by atoms with E-state index in [1.165, 1.54) is 12.3 Å². The molecule has 1 aromatic carbocycles. The Morgan fingerprint density at radius 1 is 1.43 bits per heavy atom. The van der Waals surface area contributed by atoms with Crippen molar-refractivity contribution in [2.45, 2.75) is 13.3 Å². The Morgan fingerprint density at radius 3 is 2.81 bits per heavy atom. The highest BCUT2D eigenvalue weighted by atomic mass is 16.6. The van der Waals surface area contributed by atoms with Gasteiger partial charge >= 0.3 is 5.97 Å². The predicted molar refractivity (Wildman–Crippen MR) is 78.5 cm³/mol. The van der Waals surface area contributed by atoms with Gasteiger partial charge in [0.1, 0.15) is 12.1 Å². The van der Waals surface area contributed by atoms with Gasteiger partial charge in [0.25, 0.3) is 5.69 Å². The van der Waals surface area contributed by atoms with Gasteiger partial charge in [0, 0.05) is 29.9 Å². The van der Waals surface area contributed by atoms with Crippen molar-refractivity contribution in [2.24, 2.45) is 0 Å². The van der Waals surface area contributed by atoms with Crippen molar-refractivity contribution in [2.75, 3.05) is 18.0 Å². The van der Waals surface area contributed by atoms with E-state index in [1.54, 1.807) is 23.1 Å². The highest BCUT2D eigenvalue weighted by Crippen LogP contribution is 2.32. The summed E-state index contributed by atoms with van der Waals surface area (Å²) in [5.74, 6) is -0.946. The number of rotatable bonds is 6. The third-order valence-electron chi connectivity index (χ3n) is 3.08. The second-order valence-corrected chi connectivity index (χ2v) is 4.58. The molecule has 0 fully saturated rings. The van der Waals surface area contributed by atoms with Gasteiger partial charge in [-0.3, -0.25) is 14.9 Å². The number of non-ortho nitro benzene ring substituents is 1. The van der Waals surface area contributed by atoms with E-state index < -0.39 is 10.9 Å². The molecule has 7 nitrogen and oxygen atoms in total. The van der Waals surface area contributed by atoms with Crippen LogP contribution in [0.3, 0.4) is 0 Å². The van der Waals surface area contributed by atoms with Gasteiger partial charge in [-0.25, -0.2) is 4.98 Å². The van der Waals surface area contributed by atoms with Crippen molar-refractivity contribution in [1.82, 2.24) is 4.98 Å². The number of aromatic nitrogens is 1. The van der Waals surface area contributed by atoms with Crippen molar-refractivity contribution in [3.05, 3.63) is 40.6 Å². The van der Waals surface area contributed by atoms with Gasteiger partial charge in [-0.15, -0.1) is 0 Å². The van der Waals surface area contributed by atoms with Gasteiger partial charge in [0.2, 0.25) is 0 Å². The first-order valence-corrected chi connectivity index (χ1v) is 6.53. The first-order chi connectivity index (χ1) is 10.0. The summed E-state index contributed by atoms with van der Waals surface area (Å²) in [5.41, 5.74) is 0.834. The molecule has 21 heavy (non-hydrogen) atoms. The minimum absolute atomic E-state index is 0.0823. The summed E-state index contributed by atoms with van der Waals surface area (Å²) in [6.45, 7) is 2.34. The Labute approximate surface area is 121 Å². The molecule has 7 heteroatoms. The number of fused-ring (bicyclic) bond motifs is 1. The molecule has 0 saturated carbocycles. The fourth-order valence-electron chi connectivity index (χ4n) is 2.28. The molecule has 110 valence electrons. The van der Waals surface area contributed by atoms with Crippen molar-refractivity contribution >= 4 is 28.2 Å². The minimum Gasteiger partial charge on any atom is -0.480 e. The zero-order valence-corrected chi connectivity index (χ0v) is 11.5. The molecule has 1 N–H and O–H groups in total. The first kappa shape index (κ1) is 14.7. The quantitative estimate of drug-likeness (QED) is 0.648. The van der Waals surface area contributed by atoms with Gasteiger partial charge in [-0.1, -0.05) is 6.92 Å². The molecular weight excluding hydrogens is 274 g/mol. The zero-order chi connectivity index (χ0) is 15.4. The van der Waals surface area contributed by atoms with Crippen LogP contribution in [-0.4, -0.2) is 34.1 Å². The average Bonchev–Trinajstić information content (AvgIpc) is 2.45. The summed E-state index contributed by atoms with van der Waals surface area (Å²) in [6, 6.07) is 6.35. The van der Waals surface area contributed by atoms with Crippen LogP contribution >= 0.6 is 0 Å². The van der Waals surface area contributed by atoms with Gasteiger partial charge in [0.15, 0.2) is 0 Å². The molecule has 0 saturated heterocycles. The van der Waals surface area contributed by atoms with Crippen LogP contribution in [0.4, 0.5) is 11.4 Å². The number of pyridine rings is 1. The number of benzene rings is 1. The molecule has 1 heterocycles. The van der Waals surface area contributed by atoms with E-state index >= 15 is 0 Å². The van der Waals surface area contributed by atoms with E-state index in [4.69, 9.17) is 5.11 Å². The lowest BCUT2D eigenvalue weighted by molar-refractivity contribution is -0.383. The topological polar surface area (TPSA) is 96.6 Å². The molecular formula is C14H15N3O4. The van der Waals surface area contributed by atoms with E-state index in [-0.39, 0.29) is 17.7 Å². The third-order valence-corrected chi connectivity index (χ3v) is 3.08. The standard InChI is InChI=1S/C14H15N3O4/c1-2-8-16(9-13(18)19)11-5-6-12(17(20)21)14-10(11)4-3-7-15-14/h3-7H,2,8-9H2,1H3,(H,18,19). The molecule has 1 aromatic heterocycles. The maximum Gasteiger partial charge on any atom is 0.323 e. The van der Waals surface area contributed by atoms with Crippen LogP contribution in [0.1, 0.15) is 13.3 Å². The van der Waals surface area contributed by atoms with Crippen LogP contribution < -0.4 is 4.90 Å². The van der Waals surface area contributed by atoms with E-state index in [1.807, 2.05) is 6.92 Å². The molecule has 2 aromatic rings. The second-order valence-electron chi connectivity index (χ2n) is 4.58. The number of aliphatic carboxylic acids is 1. The SMILES string of the molecule is CCCN(CC(=O)O)c1ccc([N+](=O)[O-])c2ncccc12. The molecule has 0 spiro atoms. The summed E-state index contributed by atoms with van der Waals surface area (Å²) < 4.78 is 0.